The van der Waals surface area contributed by atoms with Gasteiger partial charge in [0.05, 0.1) is 0 Å². The van der Waals surface area contributed by atoms with Gasteiger partial charge in [0.25, 0.3) is 0 Å². The lowest BCUT2D eigenvalue weighted by atomic mass is 10.00. The standard InChI is InChI=1S/C15H12F2.C9H10N2OS/c16-13-6-7-15(17)14(9-13)12-5-4-10-2-1-3-11(10)8-12;10-13-8-2-1-7-3-4-11(6-12)9(7)5-8/h4-9H,1-3H2;1-2,5-6H,3-4,10H2. The van der Waals surface area contributed by atoms with Gasteiger partial charge in [-0.1, -0.05) is 24.3 Å². The molecule has 2 aliphatic rings. The fourth-order valence-corrected chi connectivity index (χ4v) is 4.35. The highest BCUT2D eigenvalue weighted by molar-refractivity contribution is 7.97. The van der Waals surface area contributed by atoms with E-state index in [2.05, 4.69) is 0 Å². The Labute approximate surface area is 179 Å². The van der Waals surface area contributed by atoms with Gasteiger partial charge in [-0.05, 0) is 90.2 Å². The Morgan fingerprint density at radius 2 is 1.70 bits per heavy atom. The molecule has 1 amide bonds. The van der Waals surface area contributed by atoms with Crippen LogP contribution < -0.4 is 10.0 Å². The topological polar surface area (TPSA) is 46.3 Å². The van der Waals surface area contributed by atoms with Crippen molar-refractivity contribution in [2.75, 3.05) is 11.4 Å². The molecule has 0 saturated carbocycles. The van der Waals surface area contributed by atoms with E-state index in [0.717, 1.165) is 60.9 Å². The minimum atomic E-state index is -0.401. The average Bonchev–Trinajstić information content (AvgIpc) is 3.41. The number of anilines is 1. The Morgan fingerprint density at radius 3 is 2.50 bits per heavy atom. The van der Waals surface area contributed by atoms with Crippen LogP contribution in [0.5, 0.6) is 0 Å². The SMILES string of the molecule is Fc1ccc(F)c(-c2ccc3c(c2)CCC3)c1.NSc1ccc2c(c1)N(C=O)CC2. The second kappa shape index (κ2) is 8.98. The summed E-state index contributed by atoms with van der Waals surface area (Å²) >= 11 is 1.20. The van der Waals surface area contributed by atoms with Gasteiger partial charge in [0.1, 0.15) is 11.6 Å². The summed E-state index contributed by atoms with van der Waals surface area (Å²) in [4.78, 5) is 13.4. The first-order valence-corrected chi connectivity index (χ1v) is 10.8. The summed E-state index contributed by atoms with van der Waals surface area (Å²) in [6.07, 6.45) is 5.12. The summed E-state index contributed by atoms with van der Waals surface area (Å²) in [5, 5.41) is 5.44. The van der Waals surface area contributed by atoms with E-state index in [0.29, 0.717) is 5.56 Å². The van der Waals surface area contributed by atoms with Crippen molar-refractivity contribution < 1.29 is 13.6 Å². The van der Waals surface area contributed by atoms with Crippen LogP contribution in [0.25, 0.3) is 11.1 Å². The lowest BCUT2D eigenvalue weighted by molar-refractivity contribution is -0.107. The van der Waals surface area contributed by atoms with Crippen LogP contribution in [0.2, 0.25) is 0 Å². The highest BCUT2D eigenvalue weighted by Crippen LogP contribution is 2.31. The van der Waals surface area contributed by atoms with Crippen molar-refractivity contribution in [3.05, 3.63) is 82.9 Å². The van der Waals surface area contributed by atoms with Gasteiger partial charge in [0.15, 0.2) is 0 Å². The number of fused-ring (bicyclic) bond motifs is 2. The van der Waals surface area contributed by atoms with Crippen LogP contribution in [0.1, 0.15) is 23.1 Å². The maximum atomic E-state index is 13.6. The van der Waals surface area contributed by atoms with Crippen molar-refractivity contribution in [2.24, 2.45) is 5.14 Å². The lowest BCUT2D eigenvalue weighted by Gasteiger charge is -2.10. The van der Waals surface area contributed by atoms with Crippen molar-refractivity contribution >= 4 is 24.0 Å². The summed E-state index contributed by atoms with van der Waals surface area (Å²) in [7, 11) is 0. The molecule has 5 rings (SSSR count). The van der Waals surface area contributed by atoms with Gasteiger partial charge in [0, 0.05) is 22.7 Å². The third-order valence-electron chi connectivity index (χ3n) is 5.59. The molecular formula is C24H22F2N2OS. The summed E-state index contributed by atoms with van der Waals surface area (Å²) < 4.78 is 26.8. The summed E-state index contributed by atoms with van der Waals surface area (Å²) in [6.45, 7) is 0.789. The number of benzene rings is 3. The third-order valence-corrected chi connectivity index (χ3v) is 6.12. The van der Waals surface area contributed by atoms with E-state index in [-0.39, 0.29) is 5.82 Å². The Morgan fingerprint density at radius 1 is 0.900 bits per heavy atom. The molecule has 30 heavy (non-hydrogen) atoms. The average molecular weight is 425 g/mol. The minimum Gasteiger partial charge on any atom is -0.314 e. The summed E-state index contributed by atoms with van der Waals surface area (Å²) in [6, 6.07) is 15.5. The molecule has 0 bridgehead atoms. The molecule has 0 radical (unpaired) electrons. The normalized spacial score (nSPS) is 14.0. The first-order valence-electron chi connectivity index (χ1n) is 9.88. The predicted octanol–water partition coefficient (Wildman–Crippen LogP) is 5.29. The molecule has 1 aliphatic heterocycles. The Bertz CT molecular complexity index is 1090. The van der Waals surface area contributed by atoms with Gasteiger partial charge in [0.2, 0.25) is 6.41 Å². The van der Waals surface area contributed by atoms with Crippen LogP contribution >= 0.6 is 11.9 Å². The number of carbonyl (C=O) groups excluding carboxylic acids is 1. The maximum absolute atomic E-state index is 13.6. The maximum Gasteiger partial charge on any atom is 0.214 e. The van der Waals surface area contributed by atoms with Crippen LogP contribution in [0.3, 0.4) is 0 Å². The molecule has 3 nitrogen and oxygen atoms in total. The van der Waals surface area contributed by atoms with Gasteiger partial charge < -0.3 is 4.90 Å². The van der Waals surface area contributed by atoms with Gasteiger partial charge in [-0.3, -0.25) is 9.93 Å². The molecule has 0 saturated heterocycles. The van der Waals surface area contributed by atoms with E-state index in [1.54, 1.807) is 4.90 Å². The second-order valence-electron chi connectivity index (χ2n) is 7.42. The molecular weight excluding hydrogens is 402 g/mol. The molecule has 1 heterocycles. The van der Waals surface area contributed by atoms with Crippen molar-refractivity contribution in [1.29, 1.82) is 0 Å². The molecule has 0 atom stereocenters. The zero-order chi connectivity index (χ0) is 21.1. The van der Waals surface area contributed by atoms with E-state index in [4.69, 9.17) is 5.14 Å². The van der Waals surface area contributed by atoms with Crippen molar-refractivity contribution in [3.63, 3.8) is 0 Å². The van der Waals surface area contributed by atoms with E-state index in [9.17, 15) is 13.6 Å². The zero-order valence-electron chi connectivity index (χ0n) is 16.4. The van der Waals surface area contributed by atoms with Crippen molar-refractivity contribution in [3.8, 4) is 11.1 Å². The third kappa shape index (κ3) is 4.25. The molecule has 0 spiro atoms. The molecule has 1 aliphatic carbocycles. The molecule has 3 aromatic rings. The summed E-state index contributed by atoms with van der Waals surface area (Å²) in [5.41, 5.74) is 5.95. The van der Waals surface area contributed by atoms with Gasteiger partial charge in [-0.15, -0.1) is 0 Å². The van der Waals surface area contributed by atoms with E-state index in [1.807, 2.05) is 36.4 Å². The van der Waals surface area contributed by atoms with E-state index >= 15 is 0 Å². The molecule has 0 aromatic heterocycles. The molecule has 0 unspecified atom stereocenters. The fraction of sp³-hybridized carbons (Fsp3) is 0.208. The van der Waals surface area contributed by atoms with Crippen molar-refractivity contribution in [2.45, 2.75) is 30.6 Å². The van der Waals surface area contributed by atoms with E-state index < -0.39 is 5.82 Å². The second-order valence-corrected chi connectivity index (χ2v) is 8.13. The molecule has 6 heteroatoms. The number of amides is 1. The van der Waals surface area contributed by atoms with Gasteiger partial charge in [-0.25, -0.2) is 8.78 Å². The number of aryl methyl sites for hydroxylation is 2. The fourth-order valence-electron chi connectivity index (χ4n) is 4.02. The van der Waals surface area contributed by atoms with E-state index in [1.165, 1.54) is 40.8 Å². The van der Waals surface area contributed by atoms with Crippen LogP contribution in [0.15, 0.2) is 59.5 Å². The van der Waals surface area contributed by atoms with Gasteiger partial charge >= 0.3 is 0 Å². The Kier molecular flexibility index (Phi) is 6.16. The highest BCUT2D eigenvalue weighted by Gasteiger charge is 2.18. The number of nitrogens with two attached hydrogens (primary N) is 1. The molecule has 2 N–H and O–H groups in total. The Balaban J connectivity index is 0.000000151. The Hall–Kier alpha value is -2.70. The number of halogens is 2. The quantitative estimate of drug-likeness (QED) is 0.459. The van der Waals surface area contributed by atoms with Crippen LogP contribution in [0, 0.1) is 11.6 Å². The lowest BCUT2D eigenvalue weighted by Crippen LogP contribution is -2.17. The number of rotatable bonds is 3. The zero-order valence-corrected chi connectivity index (χ0v) is 17.2. The first-order chi connectivity index (χ1) is 14.6. The highest BCUT2D eigenvalue weighted by atomic mass is 32.2. The summed E-state index contributed by atoms with van der Waals surface area (Å²) in [5.74, 6) is -0.772. The van der Waals surface area contributed by atoms with Crippen molar-refractivity contribution in [1.82, 2.24) is 0 Å². The number of hydrogen-bond acceptors (Lipinski definition) is 3. The largest absolute Gasteiger partial charge is 0.314 e. The smallest absolute Gasteiger partial charge is 0.214 e. The first kappa shape index (κ1) is 20.6. The number of carbonyl (C=O) groups is 1. The van der Waals surface area contributed by atoms with Crippen LogP contribution in [0.4, 0.5) is 14.5 Å². The predicted molar refractivity (Wildman–Crippen MR) is 117 cm³/mol. The molecule has 154 valence electrons. The van der Waals surface area contributed by atoms with Gasteiger partial charge in [-0.2, -0.15) is 0 Å². The number of hydrogen-bond donors (Lipinski definition) is 1. The molecule has 0 fully saturated rings. The van der Waals surface area contributed by atoms with Crippen LogP contribution in [-0.4, -0.2) is 13.0 Å². The minimum absolute atomic E-state index is 0.347. The number of nitrogens with zero attached hydrogens (tertiary/aromatic N) is 1. The monoisotopic (exact) mass is 424 g/mol. The molecule has 3 aromatic carbocycles. The van der Waals surface area contributed by atoms with Crippen LogP contribution in [-0.2, 0) is 24.1 Å².